The zero-order valence-electron chi connectivity index (χ0n) is 15.2. The Balaban J connectivity index is 1.37. The number of likely N-dealkylation sites (tertiary alicyclic amines) is 1. The Labute approximate surface area is 159 Å². The van der Waals surface area contributed by atoms with E-state index in [1.165, 1.54) is 11.1 Å². The van der Waals surface area contributed by atoms with Crippen molar-refractivity contribution in [2.75, 3.05) is 13.1 Å². The van der Waals surface area contributed by atoms with Crippen molar-refractivity contribution in [3.63, 3.8) is 0 Å². The number of hydrogen-bond acceptors (Lipinski definition) is 3. The Morgan fingerprint density at radius 1 is 1.15 bits per heavy atom. The lowest BCUT2D eigenvalue weighted by Gasteiger charge is -2.32. The van der Waals surface area contributed by atoms with Gasteiger partial charge in [0.25, 0.3) is 5.91 Å². The number of allylic oxidation sites excluding steroid dienone is 1. The maximum absolute atomic E-state index is 12.9. The highest BCUT2D eigenvalue weighted by Crippen LogP contribution is 2.24. The van der Waals surface area contributed by atoms with E-state index in [1.54, 1.807) is 12.1 Å². The molecule has 0 bridgehead atoms. The molecule has 0 aromatic heterocycles. The van der Waals surface area contributed by atoms with E-state index in [-0.39, 0.29) is 12.0 Å². The minimum absolute atomic E-state index is 0.0802. The monoisotopic (exact) mass is 358 g/mol. The van der Waals surface area contributed by atoms with Crippen LogP contribution in [0.2, 0.25) is 0 Å². The average Bonchev–Trinajstić information content (AvgIpc) is 2.73. The van der Waals surface area contributed by atoms with Crippen molar-refractivity contribution in [1.29, 1.82) is 5.26 Å². The fourth-order valence-corrected chi connectivity index (χ4v) is 3.76. The highest BCUT2D eigenvalue weighted by Gasteiger charge is 2.25. The number of piperidine rings is 1. The fraction of sp³-hybridized carbons (Fsp3) is 0.304. The van der Waals surface area contributed by atoms with Gasteiger partial charge in [-0.25, -0.2) is 0 Å². The molecule has 0 atom stereocenters. The van der Waals surface area contributed by atoms with Crippen molar-refractivity contribution in [1.82, 2.24) is 4.90 Å². The van der Waals surface area contributed by atoms with E-state index in [1.807, 2.05) is 23.1 Å². The number of nitrogens with zero attached hydrogens (tertiary/aromatic N) is 2. The zero-order valence-corrected chi connectivity index (χ0v) is 15.2. The zero-order chi connectivity index (χ0) is 18.6. The standard InChI is InChI=1S/C23H22N2O2/c24-16-17-4-3-7-22(14-17)27-21-10-12-25(13-11-21)23(26)20-9-8-18-5-1-2-6-19(18)15-20/h1,3-5,7-9,14-15,21H,2,6,10-13H2. The summed E-state index contributed by atoms with van der Waals surface area (Å²) in [6, 6.07) is 15.4. The first kappa shape index (κ1) is 17.4. The smallest absolute Gasteiger partial charge is 0.253 e. The molecule has 1 aliphatic carbocycles. The Hall–Kier alpha value is -3.06. The van der Waals surface area contributed by atoms with Gasteiger partial charge in [-0.15, -0.1) is 0 Å². The van der Waals surface area contributed by atoms with Crippen LogP contribution in [-0.4, -0.2) is 30.0 Å². The van der Waals surface area contributed by atoms with Gasteiger partial charge in [-0.3, -0.25) is 4.79 Å². The Kier molecular flexibility index (Phi) is 4.93. The molecule has 1 fully saturated rings. The van der Waals surface area contributed by atoms with Gasteiger partial charge >= 0.3 is 0 Å². The largest absolute Gasteiger partial charge is 0.490 e. The van der Waals surface area contributed by atoms with E-state index in [4.69, 9.17) is 10.00 Å². The van der Waals surface area contributed by atoms with Gasteiger partial charge in [0.15, 0.2) is 0 Å². The predicted molar refractivity (Wildman–Crippen MR) is 105 cm³/mol. The van der Waals surface area contributed by atoms with Gasteiger partial charge in [0.1, 0.15) is 11.9 Å². The van der Waals surface area contributed by atoms with Crippen molar-refractivity contribution in [2.45, 2.75) is 31.8 Å². The van der Waals surface area contributed by atoms with Gasteiger partial charge in [-0.2, -0.15) is 5.26 Å². The minimum atomic E-state index is 0.0802. The third kappa shape index (κ3) is 3.88. The van der Waals surface area contributed by atoms with E-state index >= 15 is 0 Å². The molecule has 4 nitrogen and oxygen atoms in total. The highest BCUT2D eigenvalue weighted by atomic mass is 16.5. The van der Waals surface area contributed by atoms with Gasteiger partial charge in [0.2, 0.25) is 0 Å². The molecule has 2 aromatic carbocycles. The molecule has 0 saturated carbocycles. The van der Waals surface area contributed by atoms with Crippen LogP contribution in [-0.2, 0) is 6.42 Å². The molecule has 0 radical (unpaired) electrons. The Morgan fingerprint density at radius 2 is 2.00 bits per heavy atom. The molecule has 2 aliphatic rings. The summed E-state index contributed by atoms with van der Waals surface area (Å²) in [5.41, 5.74) is 3.87. The SMILES string of the molecule is N#Cc1cccc(OC2CCN(C(=O)c3ccc4c(c3)CCC=C4)CC2)c1. The summed E-state index contributed by atoms with van der Waals surface area (Å²) in [6.45, 7) is 1.39. The molecular formula is C23H22N2O2. The molecule has 0 unspecified atom stereocenters. The summed E-state index contributed by atoms with van der Waals surface area (Å²) < 4.78 is 6.01. The molecule has 1 amide bonds. The molecule has 1 heterocycles. The number of ether oxygens (including phenoxy) is 1. The van der Waals surface area contributed by atoms with Crippen LogP contribution in [0.4, 0.5) is 0 Å². The lowest BCUT2D eigenvalue weighted by molar-refractivity contribution is 0.0595. The van der Waals surface area contributed by atoms with Crippen LogP contribution in [0.15, 0.2) is 48.5 Å². The Bertz CT molecular complexity index is 918. The summed E-state index contributed by atoms with van der Waals surface area (Å²) in [6.07, 6.45) is 8.05. The first-order valence-electron chi connectivity index (χ1n) is 9.48. The van der Waals surface area contributed by atoms with Gasteiger partial charge in [-0.1, -0.05) is 24.3 Å². The number of carbonyl (C=O) groups excluding carboxylic acids is 1. The number of benzene rings is 2. The molecule has 136 valence electrons. The van der Waals surface area contributed by atoms with E-state index in [9.17, 15) is 4.79 Å². The highest BCUT2D eigenvalue weighted by molar-refractivity contribution is 5.94. The van der Waals surface area contributed by atoms with E-state index < -0.39 is 0 Å². The molecule has 4 rings (SSSR count). The molecule has 1 aliphatic heterocycles. The second-order valence-electron chi connectivity index (χ2n) is 7.10. The number of fused-ring (bicyclic) bond motifs is 1. The van der Waals surface area contributed by atoms with Gasteiger partial charge in [0.05, 0.1) is 11.6 Å². The first-order valence-corrected chi connectivity index (χ1v) is 9.48. The van der Waals surface area contributed by atoms with Crippen molar-refractivity contribution in [3.05, 3.63) is 70.8 Å². The van der Waals surface area contributed by atoms with Crippen molar-refractivity contribution in [2.24, 2.45) is 0 Å². The van der Waals surface area contributed by atoms with Crippen LogP contribution < -0.4 is 4.74 Å². The van der Waals surface area contributed by atoms with E-state index in [0.29, 0.717) is 18.7 Å². The van der Waals surface area contributed by atoms with Crippen LogP contribution >= 0.6 is 0 Å². The molecule has 4 heteroatoms. The molecule has 27 heavy (non-hydrogen) atoms. The van der Waals surface area contributed by atoms with Crippen LogP contribution in [0.25, 0.3) is 6.08 Å². The average molecular weight is 358 g/mol. The summed E-state index contributed by atoms with van der Waals surface area (Å²) in [4.78, 5) is 14.8. The number of carbonyl (C=O) groups is 1. The molecule has 0 N–H and O–H groups in total. The number of nitriles is 1. The molecule has 2 aromatic rings. The maximum atomic E-state index is 12.9. The lowest BCUT2D eigenvalue weighted by Crippen LogP contribution is -2.41. The summed E-state index contributed by atoms with van der Waals surface area (Å²) in [7, 11) is 0. The minimum Gasteiger partial charge on any atom is -0.490 e. The molecule has 0 spiro atoms. The number of aryl methyl sites for hydroxylation is 1. The van der Waals surface area contributed by atoms with Crippen molar-refractivity contribution < 1.29 is 9.53 Å². The number of hydrogen-bond donors (Lipinski definition) is 0. The van der Waals surface area contributed by atoms with Crippen LogP contribution in [0.1, 0.15) is 46.3 Å². The third-order valence-electron chi connectivity index (χ3n) is 5.26. The second-order valence-corrected chi connectivity index (χ2v) is 7.10. The number of amides is 1. The lowest BCUT2D eigenvalue weighted by atomic mass is 9.95. The second kappa shape index (κ2) is 7.67. The normalized spacial score (nSPS) is 16.5. The van der Waals surface area contributed by atoms with Gasteiger partial charge < -0.3 is 9.64 Å². The maximum Gasteiger partial charge on any atom is 0.253 e. The summed E-state index contributed by atoms with van der Waals surface area (Å²) >= 11 is 0. The molecular weight excluding hydrogens is 336 g/mol. The van der Waals surface area contributed by atoms with E-state index in [2.05, 4.69) is 30.4 Å². The third-order valence-corrected chi connectivity index (χ3v) is 5.26. The summed E-state index contributed by atoms with van der Waals surface area (Å²) in [5.74, 6) is 0.832. The topological polar surface area (TPSA) is 53.3 Å². The van der Waals surface area contributed by atoms with E-state index in [0.717, 1.165) is 37.0 Å². The first-order chi connectivity index (χ1) is 13.2. The van der Waals surface area contributed by atoms with Gasteiger partial charge in [-0.05, 0) is 54.3 Å². The van der Waals surface area contributed by atoms with Crippen LogP contribution in [0.3, 0.4) is 0 Å². The van der Waals surface area contributed by atoms with Crippen molar-refractivity contribution >= 4 is 12.0 Å². The van der Waals surface area contributed by atoms with Crippen molar-refractivity contribution in [3.8, 4) is 11.8 Å². The van der Waals surface area contributed by atoms with Crippen LogP contribution in [0.5, 0.6) is 5.75 Å². The predicted octanol–water partition coefficient (Wildman–Crippen LogP) is 4.20. The number of rotatable bonds is 3. The van der Waals surface area contributed by atoms with Gasteiger partial charge in [0, 0.05) is 31.5 Å². The van der Waals surface area contributed by atoms with Crippen LogP contribution in [0, 0.1) is 11.3 Å². The quantitative estimate of drug-likeness (QED) is 0.826. The Morgan fingerprint density at radius 3 is 2.81 bits per heavy atom. The molecule has 1 saturated heterocycles. The fourth-order valence-electron chi connectivity index (χ4n) is 3.76. The summed E-state index contributed by atoms with van der Waals surface area (Å²) in [5, 5.41) is 8.99.